The van der Waals surface area contributed by atoms with E-state index in [-0.39, 0.29) is 18.4 Å². The Bertz CT molecular complexity index is 1820. The number of thiazole rings is 1. The van der Waals surface area contributed by atoms with Gasteiger partial charge in [-0.2, -0.15) is 5.10 Å². The standard InChI is InChI=1S/C33H27Br2N5O3S/c1-20-6-12-26(13-7-20)38-33-39-29(19-44-33)22-8-10-23(11-9-22)32(42)40-36-17-24-15-25(34)16-28(35)31(24)43-18-30(41)37-27-5-3-4-21(2)14-27/h3-17,19H,18H2,1-2H3,(H,37,41)(H,38,39)(H,40,42)/b36-17+. The van der Waals surface area contributed by atoms with E-state index in [0.717, 1.165) is 32.1 Å². The summed E-state index contributed by atoms with van der Waals surface area (Å²) in [6.45, 7) is 3.79. The van der Waals surface area contributed by atoms with Crippen LogP contribution in [0.3, 0.4) is 0 Å². The smallest absolute Gasteiger partial charge is 0.271 e. The highest BCUT2D eigenvalue weighted by molar-refractivity contribution is 9.11. The van der Waals surface area contributed by atoms with E-state index in [9.17, 15) is 9.59 Å². The van der Waals surface area contributed by atoms with Crippen LogP contribution in [0.1, 0.15) is 27.0 Å². The Balaban J connectivity index is 1.19. The number of carbonyl (C=O) groups is 2. The molecule has 4 aromatic carbocycles. The Hall–Kier alpha value is -4.32. The summed E-state index contributed by atoms with van der Waals surface area (Å²) in [7, 11) is 0. The van der Waals surface area contributed by atoms with Gasteiger partial charge in [-0.15, -0.1) is 11.3 Å². The molecule has 5 aromatic rings. The molecule has 8 nitrogen and oxygen atoms in total. The summed E-state index contributed by atoms with van der Waals surface area (Å²) in [6, 6.07) is 26.4. The van der Waals surface area contributed by atoms with Crippen LogP contribution in [0.15, 0.2) is 104 Å². The summed E-state index contributed by atoms with van der Waals surface area (Å²) in [4.78, 5) is 30.0. The molecule has 0 bridgehead atoms. The third-order valence-corrected chi connectivity index (χ3v) is 8.11. The van der Waals surface area contributed by atoms with Crippen molar-refractivity contribution in [2.24, 2.45) is 5.10 Å². The van der Waals surface area contributed by atoms with E-state index in [0.29, 0.717) is 27.0 Å². The topological polar surface area (TPSA) is 105 Å². The second-order valence-electron chi connectivity index (χ2n) is 9.82. The van der Waals surface area contributed by atoms with Crippen LogP contribution in [0.5, 0.6) is 5.75 Å². The zero-order chi connectivity index (χ0) is 31.1. The Kier molecular flexibility index (Phi) is 10.2. The molecule has 5 rings (SSSR count). The van der Waals surface area contributed by atoms with Crippen molar-refractivity contribution < 1.29 is 14.3 Å². The zero-order valence-corrected chi connectivity index (χ0v) is 27.7. The second-order valence-corrected chi connectivity index (χ2v) is 12.4. The lowest BCUT2D eigenvalue weighted by Crippen LogP contribution is -2.21. The summed E-state index contributed by atoms with van der Waals surface area (Å²) in [5.41, 5.74) is 9.16. The largest absolute Gasteiger partial charge is 0.482 e. The number of aryl methyl sites for hydroxylation is 2. The first-order valence-electron chi connectivity index (χ1n) is 13.4. The fraction of sp³-hybridized carbons (Fsp3) is 0.0909. The Labute approximate surface area is 275 Å². The predicted molar refractivity (Wildman–Crippen MR) is 184 cm³/mol. The molecular weight excluding hydrogens is 706 g/mol. The van der Waals surface area contributed by atoms with Gasteiger partial charge in [0.15, 0.2) is 11.7 Å². The van der Waals surface area contributed by atoms with Crippen molar-refractivity contribution in [1.82, 2.24) is 10.4 Å². The van der Waals surface area contributed by atoms with Crippen molar-refractivity contribution in [3.8, 4) is 17.0 Å². The van der Waals surface area contributed by atoms with E-state index in [1.807, 2.05) is 79.9 Å². The van der Waals surface area contributed by atoms with Crippen molar-refractivity contribution in [2.45, 2.75) is 13.8 Å². The minimum atomic E-state index is -0.373. The maximum absolute atomic E-state index is 12.8. The van der Waals surface area contributed by atoms with E-state index in [1.165, 1.54) is 23.1 Å². The minimum Gasteiger partial charge on any atom is -0.482 e. The number of amides is 2. The lowest BCUT2D eigenvalue weighted by Gasteiger charge is -2.12. The van der Waals surface area contributed by atoms with Gasteiger partial charge in [0.25, 0.3) is 11.8 Å². The number of anilines is 3. The molecule has 3 N–H and O–H groups in total. The number of aromatic nitrogens is 1. The van der Waals surface area contributed by atoms with E-state index in [4.69, 9.17) is 4.74 Å². The Morgan fingerprint density at radius 2 is 1.70 bits per heavy atom. The Morgan fingerprint density at radius 1 is 0.932 bits per heavy atom. The average molecular weight is 733 g/mol. The van der Waals surface area contributed by atoms with Crippen LogP contribution in [0, 0.1) is 13.8 Å². The number of nitrogens with one attached hydrogen (secondary N) is 3. The highest BCUT2D eigenvalue weighted by Gasteiger charge is 2.13. The molecule has 0 fully saturated rings. The number of rotatable bonds is 10. The van der Waals surface area contributed by atoms with E-state index < -0.39 is 0 Å². The van der Waals surface area contributed by atoms with E-state index in [2.05, 4.69) is 58.0 Å². The van der Waals surface area contributed by atoms with Gasteiger partial charge in [-0.1, -0.05) is 57.9 Å². The van der Waals surface area contributed by atoms with Crippen LogP contribution < -0.4 is 20.8 Å². The number of benzene rings is 4. The third kappa shape index (κ3) is 8.40. The second kappa shape index (κ2) is 14.4. The van der Waals surface area contributed by atoms with Gasteiger partial charge in [0.05, 0.1) is 16.4 Å². The van der Waals surface area contributed by atoms with Gasteiger partial charge in [-0.25, -0.2) is 10.4 Å². The molecule has 11 heteroatoms. The maximum atomic E-state index is 12.8. The van der Waals surface area contributed by atoms with Crippen LogP contribution >= 0.6 is 43.2 Å². The fourth-order valence-electron chi connectivity index (χ4n) is 4.13. The highest BCUT2D eigenvalue weighted by Crippen LogP contribution is 2.32. The molecule has 0 aliphatic heterocycles. The number of halogens is 2. The molecular formula is C33H27Br2N5O3S. The average Bonchev–Trinajstić information content (AvgIpc) is 3.46. The van der Waals surface area contributed by atoms with Crippen molar-refractivity contribution in [3.63, 3.8) is 0 Å². The van der Waals surface area contributed by atoms with Gasteiger partial charge in [0.2, 0.25) is 0 Å². The minimum absolute atomic E-state index is 0.212. The molecule has 0 aliphatic carbocycles. The molecule has 0 saturated carbocycles. The van der Waals surface area contributed by atoms with Crippen molar-refractivity contribution in [2.75, 3.05) is 17.2 Å². The maximum Gasteiger partial charge on any atom is 0.271 e. The molecule has 0 unspecified atom stereocenters. The summed E-state index contributed by atoms with van der Waals surface area (Å²) in [5, 5.41) is 13.0. The lowest BCUT2D eigenvalue weighted by atomic mass is 10.1. The molecule has 0 atom stereocenters. The quantitative estimate of drug-likeness (QED) is 0.0987. The van der Waals surface area contributed by atoms with Gasteiger partial charge in [0.1, 0.15) is 5.75 Å². The normalized spacial score (nSPS) is 10.9. The van der Waals surface area contributed by atoms with Crippen molar-refractivity contribution >= 4 is 77.7 Å². The number of ether oxygens (including phenoxy) is 1. The van der Waals surface area contributed by atoms with Gasteiger partial charge in [-0.3, -0.25) is 9.59 Å². The lowest BCUT2D eigenvalue weighted by molar-refractivity contribution is -0.118. The van der Waals surface area contributed by atoms with Gasteiger partial charge in [0, 0.05) is 37.9 Å². The molecule has 0 saturated heterocycles. The number of hydrogen-bond acceptors (Lipinski definition) is 7. The highest BCUT2D eigenvalue weighted by atomic mass is 79.9. The number of hydrogen-bond donors (Lipinski definition) is 3. The van der Waals surface area contributed by atoms with Crippen LogP contribution in [0.2, 0.25) is 0 Å². The summed E-state index contributed by atoms with van der Waals surface area (Å²) in [5.74, 6) is -0.266. The van der Waals surface area contributed by atoms with Crippen molar-refractivity contribution in [1.29, 1.82) is 0 Å². The van der Waals surface area contributed by atoms with Crippen LogP contribution in [0.4, 0.5) is 16.5 Å². The molecule has 44 heavy (non-hydrogen) atoms. The van der Waals surface area contributed by atoms with Gasteiger partial charge < -0.3 is 15.4 Å². The predicted octanol–water partition coefficient (Wildman–Crippen LogP) is 8.48. The van der Waals surface area contributed by atoms with Gasteiger partial charge in [-0.05, 0) is 83.9 Å². The van der Waals surface area contributed by atoms with E-state index >= 15 is 0 Å². The third-order valence-electron chi connectivity index (χ3n) is 6.31. The van der Waals surface area contributed by atoms with Crippen LogP contribution in [-0.4, -0.2) is 29.6 Å². The van der Waals surface area contributed by atoms with Gasteiger partial charge >= 0.3 is 0 Å². The SMILES string of the molecule is Cc1ccc(Nc2nc(-c3ccc(C(=O)N/N=C/c4cc(Br)cc(Br)c4OCC(=O)Nc4cccc(C)c4)cc3)cs2)cc1. The molecule has 1 aromatic heterocycles. The first-order chi connectivity index (χ1) is 21.2. The molecule has 0 aliphatic rings. The first-order valence-corrected chi connectivity index (χ1v) is 15.9. The zero-order valence-electron chi connectivity index (χ0n) is 23.7. The monoisotopic (exact) mass is 731 g/mol. The molecule has 1 heterocycles. The van der Waals surface area contributed by atoms with Crippen molar-refractivity contribution in [3.05, 3.63) is 122 Å². The molecule has 222 valence electrons. The molecule has 0 radical (unpaired) electrons. The molecule has 2 amide bonds. The fourth-order valence-corrected chi connectivity index (χ4v) is 6.24. The van der Waals surface area contributed by atoms with Crippen LogP contribution in [0.25, 0.3) is 11.3 Å². The number of hydrazone groups is 1. The van der Waals surface area contributed by atoms with Crippen LogP contribution in [-0.2, 0) is 4.79 Å². The number of nitrogens with zero attached hydrogens (tertiary/aromatic N) is 2. The summed E-state index contributed by atoms with van der Waals surface area (Å²) < 4.78 is 7.22. The number of carbonyl (C=O) groups excluding carboxylic acids is 2. The summed E-state index contributed by atoms with van der Waals surface area (Å²) in [6.07, 6.45) is 1.47. The Morgan fingerprint density at radius 3 is 2.45 bits per heavy atom. The molecule has 0 spiro atoms. The van der Waals surface area contributed by atoms with E-state index in [1.54, 1.807) is 24.3 Å². The first kappa shape index (κ1) is 31.1. The summed E-state index contributed by atoms with van der Waals surface area (Å²) >= 11 is 8.46.